The zero-order valence-electron chi connectivity index (χ0n) is 29.5. The molecule has 0 spiro atoms. The first kappa shape index (κ1) is 40.1. The Morgan fingerprint density at radius 2 is 1.06 bits per heavy atom. The third-order valence-corrected chi connectivity index (χ3v) is 11.9. The van der Waals surface area contributed by atoms with Crippen molar-refractivity contribution in [3.05, 3.63) is 104 Å². The van der Waals surface area contributed by atoms with E-state index in [2.05, 4.69) is 10.6 Å². The van der Waals surface area contributed by atoms with E-state index in [1.54, 1.807) is 64.1 Å². The van der Waals surface area contributed by atoms with E-state index in [4.69, 9.17) is 23.2 Å². The normalized spacial score (nSPS) is 12.1. The zero-order valence-corrected chi connectivity index (χ0v) is 32.6. The molecule has 0 aliphatic rings. The van der Waals surface area contributed by atoms with Gasteiger partial charge in [-0.15, -0.1) is 11.8 Å². The molecule has 4 rings (SSSR count). The Bertz CT molecular complexity index is 1840. The number of hydrogen-bond donors (Lipinski definition) is 4. The van der Waals surface area contributed by atoms with E-state index in [1.807, 2.05) is 65.8 Å². The average molecular weight is 744 g/mol. The van der Waals surface area contributed by atoms with Gasteiger partial charge in [0.05, 0.1) is 4.75 Å². The number of aromatic hydroxyl groups is 2. The minimum atomic E-state index is -1.55. The second-order valence-electron chi connectivity index (χ2n) is 12.9. The van der Waals surface area contributed by atoms with E-state index < -0.39 is 20.7 Å². The molecule has 0 saturated carbocycles. The zero-order chi connectivity index (χ0) is 37.0. The van der Waals surface area contributed by atoms with Crippen LogP contribution < -0.4 is 10.6 Å². The number of phenolic OH excluding ortho intramolecular Hbond substituents is 2. The third-order valence-electron chi connectivity index (χ3n) is 8.38. The molecule has 49 heavy (non-hydrogen) atoms. The Kier molecular flexibility index (Phi) is 13.2. The first-order valence-corrected chi connectivity index (χ1v) is 18.2. The van der Waals surface area contributed by atoms with Gasteiger partial charge in [0, 0.05) is 37.5 Å². The van der Waals surface area contributed by atoms with E-state index in [1.165, 1.54) is 11.8 Å². The average Bonchev–Trinajstić information content (AvgIpc) is 3.05. The lowest BCUT2D eigenvalue weighted by Gasteiger charge is -2.27. The molecular weight excluding hydrogens is 699 g/mol. The molecule has 0 heterocycles. The lowest BCUT2D eigenvalue weighted by molar-refractivity contribution is -0.118. The maximum atomic E-state index is 12.8. The molecule has 0 aliphatic carbocycles. The monoisotopic (exact) mass is 742 g/mol. The number of anilines is 2. The van der Waals surface area contributed by atoms with E-state index in [0.717, 1.165) is 32.8 Å². The van der Waals surface area contributed by atoms with Crippen LogP contribution in [0.3, 0.4) is 0 Å². The highest BCUT2D eigenvalue weighted by Crippen LogP contribution is 2.36. The van der Waals surface area contributed by atoms with Crippen molar-refractivity contribution in [3.63, 3.8) is 0 Å². The summed E-state index contributed by atoms with van der Waals surface area (Å²) < 4.78 is 11.1. The Labute approximate surface area is 307 Å². The maximum absolute atomic E-state index is 12.8. The van der Waals surface area contributed by atoms with Gasteiger partial charge in [0.1, 0.15) is 11.5 Å². The number of nitrogens with one attached hydrogen (secondary N) is 2. The minimum absolute atomic E-state index is 0.0879. The predicted octanol–water partition coefficient (Wildman–Crippen LogP) is 9.98. The molecule has 0 radical (unpaired) electrons. The number of phenols is 2. The fraction of sp³-hybridized carbons (Fsp3) is 0.316. The van der Waals surface area contributed by atoms with E-state index in [0.29, 0.717) is 31.8 Å². The summed E-state index contributed by atoms with van der Waals surface area (Å²) in [6.07, 6.45) is 0. The van der Waals surface area contributed by atoms with E-state index >= 15 is 0 Å². The van der Waals surface area contributed by atoms with Gasteiger partial charge >= 0.3 is 0 Å². The molecule has 4 aromatic carbocycles. The van der Waals surface area contributed by atoms with Crippen LogP contribution in [0.2, 0.25) is 10.0 Å². The number of carbonyl (C=O) groups excluding carboxylic acids is 2. The van der Waals surface area contributed by atoms with Crippen LogP contribution in [0.4, 0.5) is 11.4 Å². The Balaban J connectivity index is 0.000000266. The van der Waals surface area contributed by atoms with Gasteiger partial charge in [0.15, 0.2) is 4.90 Å². The molecule has 1 atom stereocenters. The first-order chi connectivity index (χ1) is 22.7. The van der Waals surface area contributed by atoms with Crippen molar-refractivity contribution in [1.29, 1.82) is 0 Å². The van der Waals surface area contributed by atoms with Crippen LogP contribution in [-0.4, -0.2) is 36.1 Å². The number of thioether (sulfide) groups is 1. The summed E-state index contributed by atoms with van der Waals surface area (Å²) in [5.41, 5.74) is 5.92. The fourth-order valence-electron chi connectivity index (χ4n) is 4.72. The highest BCUT2D eigenvalue weighted by molar-refractivity contribution is 8.01. The Morgan fingerprint density at radius 3 is 1.49 bits per heavy atom. The van der Waals surface area contributed by atoms with Crippen LogP contribution in [0, 0.1) is 41.5 Å². The smallest absolute Gasteiger partial charge is 0.280 e. The molecule has 0 fully saturated rings. The van der Waals surface area contributed by atoms with Crippen molar-refractivity contribution in [1.82, 2.24) is 0 Å². The van der Waals surface area contributed by atoms with Crippen molar-refractivity contribution in [3.8, 4) is 11.5 Å². The lowest BCUT2D eigenvalue weighted by atomic mass is 10.0. The second kappa shape index (κ2) is 16.1. The first-order valence-electron chi connectivity index (χ1n) is 15.5. The maximum Gasteiger partial charge on any atom is 0.280 e. The van der Waals surface area contributed by atoms with Gasteiger partial charge < -0.3 is 25.4 Å². The molecule has 4 aromatic rings. The number of rotatable bonds is 8. The van der Waals surface area contributed by atoms with Crippen molar-refractivity contribution >= 4 is 69.3 Å². The van der Waals surface area contributed by atoms with Crippen molar-refractivity contribution in [2.24, 2.45) is 0 Å². The van der Waals surface area contributed by atoms with Gasteiger partial charge in [-0.3, -0.25) is 9.59 Å². The standard InChI is InChI=1S/C19H22ClNO3S.C19H22ClNO2S/c1-11-10-16(12(2)13(3)17(11)22)21-18(23)19(4,5)25(24)15-8-6-14(20)7-9-15;1-11-10-16(12(2)13(3)17(11)22)21-18(23)19(4,5)24-15-8-6-14(20)7-9-15/h6-10,22H,1-5H3,(H,21,23);6-10,22H,1-5H3,(H,21,23). The number of carbonyl (C=O) groups is 2. The molecule has 7 nitrogen and oxygen atoms in total. The molecule has 4 N–H and O–H groups in total. The van der Waals surface area contributed by atoms with Crippen LogP contribution in [0.1, 0.15) is 61.1 Å². The topological polar surface area (TPSA) is 122 Å². The van der Waals surface area contributed by atoms with Crippen LogP contribution >= 0.6 is 35.0 Å². The van der Waals surface area contributed by atoms with Crippen molar-refractivity contribution in [2.45, 2.75) is 88.5 Å². The quantitative estimate of drug-likeness (QED) is 0.0810. The van der Waals surface area contributed by atoms with Crippen molar-refractivity contribution in [2.75, 3.05) is 10.6 Å². The van der Waals surface area contributed by atoms with Crippen LogP contribution in [0.5, 0.6) is 11.5 Å². The van der Waals surface area contributed by atoms with Crippen LogP contribution in [0.15, 0.2) is 70.5 Å². The summed E-state index contributed by atoms with van der Waals surface area (Å²) in [4.78, 5) is 27.0. The summed E-state index contributed by atoms with van der Waals surface area (Å²) >= 11 is 11.7. The molecule has 0 bridgehead atoms. The van der Waals surface area contributed by atoms with Gasteiger partial charge in [0.2, 0.25) is 10.7 Å². The number of amides is 2. The van der Waals surface area contributed by atoms with E-state index in [9.17, 15) is 24.4 Å². The fourth-order valence-corrected chi connectivity index (χ4v) is 7.17. The summed E-state index contributed by atoms with van der Waals surface area (Å²) in [5, 5.41) is 27.1. The highest BCUT2D eigenvalue weighted by atomic mass is 35.5. The number of aryl methyl sites for hydroxylation is 2. The Morgan fingerprint density at radius 1 is 0.673 bits per heavy atom. The highest BCUT2D eigenvalue weighted by Gasteiger charge is 2.42. The number of halogens is 2. The van der Waals surface area contributed by atoms with E-state index in [-0.39, 0.29) is 23.3 Å². The summed E-state index contributed by atoms with van der Waals surface area (Å²) in [6.45, 7) is 18.0. The van der Waals surface area contributed by atoms with Gasteiger partial charge in [-0.2, -0.15) is 0 Å². The largest absolute Gasteiger partial charge is 0.611 e. The van der Waals surface area contributed by atoms with Crippen molar-refractivity contribution < 1.29 is 24.4 Å². The molecule has 2 amide bonds. The molecule has 262 valence electrons. The minimum Gasteiger partial charge on any atom is -0.611 e. The summed E-state index contributed by atoms with van der Waals surface area (Å²) in [7, 11) is 0. The Hall–Kier alpha value is -3.34. The van der Waals surface area contributed by atoms with Gasteiger partial charge in [-0.05, 0) is 163 Å². The lowest BCUT2D eigenvalue weighted by Crippen LogP contribution is -2.44. The van der Waals surface area contributed by atoms with Gasteiger partial charge in [-0.25, -0.2) is 0 Å². The number of hydrogen-bond acceptors (Lipinski definition) is 6. The van der Waals surface area contributed by atoms with Gasteiger partial charge in [-0.1, -0.05) is 23.2 Å². The van der Waals surface area contributed by atoms with Gasteiger partial charge in [0.25, 0.3) is 5.91 Å². The van der Waals surface area contributed by atoms with Crippen LogP contribution in [0.25, 0.3) is 0 Å². The molecule has 11 heteroatoms. The third kappa shape index (κ3) is 9.67. The summed E-state index contributed by atoms with van der Waals surface area (Å²) in [6, 6.07) is 17.6. The molecule has 0 aromatic heterocycles. The number of benzene rings is 4. The van der Waals surface area contributed by atoms with Crippen LogP contribution in [-0.2, 0) is 20.8 Å². The summed E-state index contributed by atoms with van der Waals surface area (Å²) in [5.74, 6) is 0.0585. The SMILES string of the molecule is Cc1cc(NC(=O)C(C)(C)Sc2ccc(Cl)cc2)c(C)c(C)c1O.Cc1cc(NC(=O)C(C)(C)[S+]([O-])c2ccc(Cl)cc2)c(C)c(C)c1O. The molecular formula is C38H44Cl2N2O5S2. The second-order valence-corrected chi connectivity index (χ2v) is 17.5. The predicted molar refractivity (Wildman–Crippen MR) is 205 cm³/mol. The molecule has 0 saturated heterocycles. The molecule has 0 aliphatic heterocycles. The molecule has 1 unspecified atom stereocenters.